The number of anilines is 2. The molecule has 2 atom stereocenters. The van der Waals surface area contributed by atoms with E-state index < -0.39 is 35.4 Å². The van der Waals surface area contributed by atoms with Crippen molar-refractivity contribution < 1.29 is 36.2 Å². The fraction of sp³-hybridized carbons (Fsp3) is 0.346. The van der Waals surface area contributed by atoms with Crippen molar-refractivity contribution in [2.45, 2.75) is 103 Å². The molecule has 4 aromatic carbocycles. The highest BCUT2D eigenvalue weighted by Gasteiger charge is 2.36. The molecule has 2 aliphatic heterocycles. The minimum Gasteiger partial charge on any atom is -0.481 e. The molecular weight excluding hydrogens is 975 g/mol. The molecular formula is C52H52F6N10O2S2. The van der Waals surface area contributed by atoms with Crippen LogP contribution in [0.15, 0.2) is 129 Å². The molecule has 5 heterocycles. The molecule has 0 aliphatic carbocycles. The molecule has 9 rings (SSSR count). The number of nitrogens with zero attached hydrogens (tertiary/aromatic N) is 9. The minimum absolute atomic E-state index is 0.104. The number of aliphatic carboxylic acids is 1. The van der Waals surface area contributed by atoms with Crippen LogP contribution in [0.25, 0.3) is 22.5 Å². The Morgan fingerprint density at radius 3 is 1.58 bits per heavy atom. The molecule has 72 heavy (non-hydrogen) atoms. The summed E-state index contributed by atoms with van der Waals surface area (Å²) in [5.41, 5.74) is 2.14. The predicted octanol–water partition coefficient (Wildman–Crippen LogP) is 13.1. The van der Waals surface area contributed by atoms with Gasteiger partial charge in [-0.2, -0.15) is 31.6 Å². The summed E-state index contributed by atoms with van der Waals surface area (Å²) in [6.07, 6.45) is -3.19. The molecule has 7 aromatic rings. The average molecular weight is 1030 g/mol. The number of nitrogens with one attached hydrogen (secondary N) is 1. The summed E-state index contributed by atoms with van der Waals surface area (Å²) in [5, 5.41) is 23.7. The van der Waals surface area contributed by atoms with Crippen LogP contribution in [0.5, 0.6) is 0 Å². The van der Waals surface area contributed by atoms with Crippen LogP contribution in [0.3, 0.4) is 0 Å². The number of aromatic amines is 1. The van der Waals surface area contributed by atoms with Crippen molar-refractivity contribution in [3.05, 3.63) is 138 Å². The molecule has 2 aliphatic rings. The maximum atomic E-state index is 14.2. The number of carboxylic acid groups (broad SMARTS) is 1. The van der Waals surface area contributed by atoms with Crippen LogP contribution < -0.4 is 9.80 Å². The first kappa shape index (κ1) is 51.8. The number of benzene rings is 4. The number of rotatable bonds is 12. The topological polar surface area (TPSA) is 150 Å². The van der Waals surface area contributed by atoms with E-state index in [-0.39, 0.29) is 27.5 Å². The van der Waals surface area contributed by atoms with Crippen molar-refractivity contribution in [2.24, 2.45) is 5.92 Å². The van der Waals surface area contributed by atoms with Crippen molar-refractivity contribution in [1.82, 2.24) is 40.6 Å². The molecule has 20 heteroatoms. The Balaban J connectivity index is 0.000000193. The molecule has 376 valence electrons. The first-order valence-corrected chi connectivity index (χ1v) is 25.1. The van der Waals surface area contributed by atoms with E-state index in [0.29, 0.717) is 72.5 Å². The van der Waals surface area contributed by atoms with Gasteiger partial charge in [0, 0.05) is 74.9 Å². The van der Waals surface area contributed by atoms with Crippen LogP contribution in [0.4, 0.5) is 38.0 Å². The fourth-order valence-corrected chi connectivity index (χ4v) is 11.3. The highest BCUT2D eigenvalue weighted by molar-refractivity contribution is 7.99. The van der Waals surface area contributed by atoms with Crippen LogP contribution in [0.2, 0.25) is 0 Å². The lowest BCUT2D eigenvalue weighted by atomic mass is 9.97. The quantitative estimate of drug-likeness (QED) is 0.112. The second kappa shape index (κ2) is 22.5. The summed E-state index contributed by atoms with van der Waals surface area (Å²) >= 11 is 2.26. The van der Waals surface area contributed by atoms with Gasteiger partial charge in [-0.15, -0.1) is 10.2 Å². The minimum atomic E-state index is -4.54. The molecule has 3 aromatic heterocycles. The van der Waals surface area contributed by atoms with E-state index >= 15 is 0 Å². The Kier molecular flexibility index (Phi) is 16.2. The molecule has 0 radical (unpaired) electrons. The lowest BCUT2D eigenvalue weighted by Crippen LogP contribution is -2.39. The largest absolute Gasteiger partial charge is 0.481 e. The summed E-state index contributed by atoms with van der Waals surface area (Å²) in [6.45, 7) is 10.5. The third kappa shape index (κ3) is 12.5. The summed E-state index contributed by atoms with van der Waals surface area (Å²) in [7, 11) is 0. The number of halogens is 6. The molecule has 2 N–H and O–H groups in total. The van der Waals surface area contributed by atoms with Gasteiger partial charge in [0.15, 0.2) is 5.82 Å². The first-order chi connectivity index (χ1) is 34.4. The maximum Gasteiger partial charge on any atom is 0.417 e. The molecule has 0 amide bonds. The second-order valence-corrected chi connectivity index (χ2v) is 20.4. The van der Waals surface area contributed by atoms with E-state index in [1.54, 1.807) is 24.3 Å². The molecule has 0 saturated carbocycles. The predicted molar refractivity (Wildman–Crippen MR) is 265 cm³/mol. The Morgan fingerprint density at radius 1 is 0.639 bits per heavy atom. The number of piperidine rings is 2. The number of hydrogen-bond acceptors (Lipinski definition) is 12. The number of aromatic nitrogens is 8. The smallest absolute Gasteiger partial charge is 0.417 e. The van der Waals surface area contributed by atoms with E-state index in [1.807, 2.05) is 81.1 Å². The third-order valence-electron chi connectivity index (χ3n) is 12.6. The van der Waals surface area contributed by atoms with Crippen LogP contribution in [0, 0.1) is 5.92 Å². The molecule has 2 saturated heterocycles. The standard InChI is InChI=1S/C26H26F3N7S.C26H26F3N3O2S/c1-16(2)19-7-3-4-8-22(19)37-23-10-9-17(12-20(23)26(27,28)29)21-13-24(31-15-30-21)36-11-5-6-18(14-36)25-32-34-35-33-25;1-16(2)19-7-3-4-8-22(19)35-23-10-9-17(12-20(23)26(27,28)29)21-13-24(31-15-30-21)32-11-5-6-18(14-32)25(33)34/h3-4,7-10,12-13,15-16,18H,5-6,11,14H2,1-2H3,(H,32,33,34,35);3-4,7-10,12-13,15-16,18H,5-6,11,14H2,1-2H3,(H,33,34). The zero-order valence-corrected chi connectivity index (χ0v) is 41.5. The Bertz CT molecular complexity index is 2970. The van der Waals surface area contributed by atoms with Crippen molar-refractivity contribution >= 4 is 41.1 Å². The monoisotopic (exact) mass is 1030 g/mol. The van der Waals surface area contributed by atoms with Gasteiger partial charge in [0.1, 0.15) is 24.3 Å². The SMILES string of the molecule is CC(C)c1ccccc1Sc1ccc(-c2cc(N3CCCC(C(=O)O)C3)ncn2)cc1C(F)(F)F.CC(C)c1ccccc1Sc1ccc(-c2cc(N3CCCC(c4nn[nH]n4)C3)ncn2)cc1C(F)(F)F. The first-order valence-electron chi connectivity index (χ1n) is 23.5. The van der Waals surface area contributed by atoms with Gasteiger partial charge in [-0.1, -0.05) is 105 Å². The van der Waals surface area contributed by atoms with Gasteiger partial charge in [0.25, 0.3) is 0 Å². The highest BCUT2D eigenvalue weighted by atomic mass is 32.2. The zero-order valence-electron chi connectivity index (χ0n) is 39.8. The molecule has 2 unspecified atom stereocenters. The number of tetrazole rings is 1. The van der Waals surface area contributed by atoms with E-state index in [1.165, 1.54) is 30.9 Å². The van der Waals surface area contributed by atoms with Crippen LogP contribution in [-0.4, -0.2) is 77.8 Å². The van der Waals surface area contributed by atoms with Crippen LogP contribution in [0.1, 0.15) is 99.2 Å². The zero-order chi connectivity index (χ0) is 51.2. The van der Waals surface area contributed by atoms with Gasteiger partial charge in [-0.05, 0) is 85.0 Å². The van der Waals surface area contributed by atoms with Gasteiger partial charge < -0.3 is 14.9 Å². The Morgan fingerprint density at radius 2 is 1.12 bits per heavy atom. The number of hydrogen-bond donors (Lipinski definition) is 2. The summed E-state index contributed by atoms with van der Waals surface area (Å²) < 4.78 is 84.8. The van der Waals surface area contributed by atoms with E-state index in [9.17, 15) is 36.2 Å². The number of alkyl halides is 6. The van der Waals surface area contributed by atoms with E-state index in [4.69, 9.17) is 0 Å². The highest BCUT2D eigenvalue weighted by Crippen LogP contribution is 2.45. The van der Waals surface area contributed by atoms with E-state index in [2.05, 4.69) is 45.5 Å². The number of H-pyrrole nitrogens is 1. The third-order valence-corrected chi connectivity index (χ3v) is 14.9. The summed E-state index contributed by atoms with van der Waals surface area (Å²) in [4.78, 5) is 34.4. The summed E-state index contributed by atoms with van der Waals surface area (Å²) in [6, 6.07) is 27.1. The van der Waals surface area contributed by atoms with Gasteiger partial charge in [-0.25, -0.2) is 19.9 Å². The summed E-state index contributed by atoms with van der Waals surface area (Å²) in [5.74, 6) is 0.965. The Hall–Kier alpha value is -6.54. The lowest BCUT2D eigenvalue weighted by Gasteiger charge is -2.32. The van der Waals surface area contributed by atoms with Crippen LogP contribution in [-0.2, 0) is 17.1 Å². The normalized spacial score (nSPS) is 16.4. The lowest BCUT2D eigenvalue weighted by molar-refractivity contribution is -0.142. The number of carboxylic acids is 1. The van der Waals surface area contributed by atoms with Crippen molar-refractivity contribution in [1.29, 1.82) is 0 Å². The van der Waals surface area contributed by atoms with Crippen molar-refractivity contribution in [2.75, 3.05) is 36.0 Å². The average Bonchev–Trinajstić information content (AvgIpc) is 3.92. The second-order valence-electron chi connectivity index (χ2n) is 18.2. The van der Waals surface area contributed by atoms with Gasteiger partial charge in [0.05, 0.1) is 28.4 Å². The van der Waals surface area contributed by atoms with E-state index in [0.717, 1.165) is 69.9 Å². The maximum absolute atomic E-state index is 14.2. The fourth-order valence-electron chi connectivity index (χ4n) is 8.82. The molecule has 0 spiro atoms. The molecule has 0 bridgehead atoms. The van der Waals surface area contributed by atoms with Crippen molar-refractivity contribution in [3.8, 4) is 22.5 Å². The molecule has 12 nitrogen and oxygen atoms in total. The van der Waals surface area contributed by atoms with Crippen LogP contribution >= 0.6 is 23.5 Å². The van der Waals surface area contributed by atoms with Crippen molar-refractivity contribution in [3.63, 3.8) is 0 Å². The Labute approximate surface area is 421 Å². The van der Waals surface area contributed by atoms with Gasteiger partial charge >= 0.3 is 18.3 Å². The van der Waals surface area contributed by atoms with Gasteiger partial charge in [-0.3, -0.25) is 4.79 Å². The van der Waals surface area contributed by atoms with Gasteiger partial charge in [0.2, 0.25) is 0 Å². The molecule has 2 fully saturated rings. The number of carbonyl (C=O) groups is 1.